The number of benzene rings is 1. The molecule has 0 aliphatic rings. The van der Waals surface area contributed by atoms with Gasteiger partial charge in [0.15, 0.2) is 0 Å². The molecule has 1 unspecified atom stereocenters. The lowest BCUT2D eigenvalue weighted by Gasteiger charge is -2.10. The summed E-state index contributed by atoms with van der Waals surface area (Å²) in [5.74, 6) is 0.321. The first kappa shape index (κ1) is 13.7. The summed E-state index contributed by atoms with van der Waals surface area (Å²) in [6, 6.07) is 5.34. The first-order chi connectivity index (χ1) is 7.91. The summed E-state index contributed by atoms with van der Waals surface area (Å²) in [4.78, 5) is 13.6. The Balaban J connectivity index is 2.70. The van der Waals surface area contributed by atoms with E-state index >= 15 is 0 Å². The van der Waals surface area contributed by atoms with E-state index in [9.17, 15) is 9.00 Å². The van der Waals surface area contributed by atoms with E-state index in [1.165, 1.54) is 4.90 Å². The van der Waals surface area contributed by atoms with E-state index in [-0.39, 0.29) is 12.3 Å². The number of nitrogen functional groups attached to an aromatic ring is 1. The maximum absolute atomic E-state index is 12.0. The van der Waals surface area contributed by atoms with Crippen LogP contribution in [0.2, 0.25) is 0 Å². The van der Waals surface area contributed by atoms with Crippen molar-refractivity contribution in [2.45, 2.75) is 18.2 Å². The third kappa shape index (κ3) is 3.85. The van der Waals surface area contributed by atoms with Crippen molar-refractivity contribution < 1.29 is 9.00 Å². The molecule has 0 saturated heterocycles. The predicted molar refractivity (Wildman–Crippen MR) is 70.2 cm³/mol. The van der Waals surface area contributed by atoms with Crippen molar-refractivity contribution in [1.29, 1.82) is 0 Å². The van der Waals surface area contributed by atoms with Gasteiger partial charge >= 0.3 is 0 Å². The molecule has 0 fully saturated rings. The Morgan fingerprint density at radius 1 is 1.41 bits per heavy atom. The van der Waals surface area contributed by atoms with Crippen LogP contribution in [0.4, 0.5) is 5.69 Å². The Morgan fingerprint density at radius 2 is 2.06 bits per heavy atom. The molecule has 94 valence electrons. The van der Waals surface area contributed by atoms with Crippen molar-refractivity contribution >= 4 is 22.4 Å². The monoisotopic (exact) mass is 254 g/mol. The topological polar surface area (TPSA) is 63.4 Å². The minimum atomic E-state index is -1.17. The van der Waals surface area contributed by atoms with Crippen molar-refractivity contribution in [3.63, 3.8) is 0 Å². The van der Waals surface area contributed by atoms with Crippen LogP contribution in [-0.4, -0.2) is 34.9 Å². The van der Waals surface area contributed by atoms with Gasteiger partial charge in [0.05, 0.1) is 10.8 Å². The van der Waals surface area contributed by atoms with Crippen molar-refractivity contribution in [2.24, 2.45) is 0 Å². The first-order valence-corrected chi connectivity index (χ1v) is 6.68. The van der Waals surface area contributed by atoms with Gasteiger partial charge in [0, 0.05) is 36.9 Å². The minimum absolute atomic E-state index is 0.0140. The highest BCUT2D eigenvalue weighted by Gasteiger charge is 2.11. The number of nitrogens with zero attached hydrogens (tertiary/aromatic N) is 1. The number of hydrogen-bond acceptors (Lipinski definition) is 3. The van der Waals surface area contributed by atoms with E-state index in [0.29, 0.717) is 11.4 Å². The molecule has 1 atom stereocenters. The van der Waals surface area contributed by atoms with E-state index in [1.807, 2.05) is 13.0 Å². The van der Waals surface area contributed by atoms with Crippen LogP contribution in [0.3, 0.4) is 0 Å². The van der Waals surface area contributed by atoms with Crippen LogP contribution in [0.5, 0.6) is 0 Å². The van der Waals surface area contributed by atoms with Gasteiger partial charge in [-0.15, -0.1) is 0 Å². The predicted octanol–water partition coefficient (Wildman–Crippen LogP) is 1.16. The maximum Gasteiger partial charge on any atom is 0.222 e. The summed E-state index contributed by atoms with van der Waals surface area (Å²) in [6.07, 6.45) is 0.286. The number of anilines is 1. The molecule has 5 heteroatoms. The quantitative estimate of drug-likeness (QED) is 0.820. The average molecular weight is 254 g/mol. The summed E-state index contributed by atoms with van der Waals surface area (Å²) in [6.45, 7) is 1.89. The van der Waals surface area contributed by atoms with Gasteiger partial charge in [0.1, 0.15) is 0 Å². The van der Waals surface area contributed by atoms with Crippen LogP contribution >= 0.6 is 0 Å². The lowest BCUT2D eigenvalue weighted by atomic mass is 10.2. The Hall–Kier alpha value is -1.36. The minimum Gasteiger partial charge on any atom is -0.399 e. The van der Waals surface area contributed by atoms with E-state index in [2.05, 4.69) is 0 Å². The molecule has 1 amide bonds. The maximum atomic E-state index is 12.0. The number of hydrogen-bond donors (Lipinski definition) is 1. The van der Waals surface area contributed by atoms with Gasteiger partial charge in [0.25, 0.3) is 0 Å². The number of carbonyl (C=O) groups excluding carboxylic acids is 1. The zero-order valence-corrected chi connectivity index (χ0v) is 11.2. The first-order valence-electron chi connectivity index (χ1n) is 5.36. The molecule has 1 aromatic carbocycles. The third-order valence-corrected chi connectivity index (χ3v) is 3.96. The zero-order valence-electron chi connectivity index (χ0n) is 10.4. The summed E-state index contributed by atoms with van der Waals surface area (Å²) < 4.78 is 12.0. The lowest BCUT2D eigenvalue weighted by molar-refractivity contribution is -0.128. The Bertz CT molecular complexity index is 444. The van der Waals surface area contributed by atoms with E-state index in [0.717, 1.165) is 10.5 Å². The highest BCUT2D eigenvalue weighted by molar-refractivity contribution is 7.85. The van der Waals surface area contributed by atoms with E-state index in [4.69, 9.17) is 5.73 Å². The Morgan fingerprint density at radius 3 is 2.65 bits per heavy atom. The van der Waals surface area contributed by atoms with Crippen molar-refractivity contribution in [1.82, 2.24) is 4.90 Å². The molecule has 0 aliphatic carbocycles. The number of nitrogens with two attached hydrogens (primary N) is 1. The number of aryl methyl sites for hydroxylation is 1. The zero-order chi connectivity index (χ0) is 13.0. The van der Waals surface area contributed by atoms with Gasteiger partial charge in [-0.3, -0.25) is 9.00 Å². The van der Waals surface area contributed by atoms with E-state index < -0.39 is 10.8 Å². The van der Waals surface area contributed by atoms with Crippen LogP contribution in [-0.2, 0) is 15.6 Å². The molecule has 17 heavy (non-hydrogen) atoms. The SMILES string of the molecule is Cc1ccc(N)cc1S(=O)CCC(=O)N(C)C. The molecule has 0 heterocycles. The van der Waals surface area contributed by atoms with Crippen molar-refractivity contribution in [3.05, 3.63) is 23.8 Å². The van der Waals surface area contributed by atoms with Gasteiger partial charge in [-0.25, -0.2) is 0 Å². The van der Waals surface area contributed by atoms with Gasteiger partial charge in [-0.05, 0) is 24.6 Å². The number of carbonyl (C=O) groups is 1. The van der Waals surface area contributed by atoms with Crippen LogP contribution in [0.25, 0.3) is 0 Å². The van der Waals surface area contributed by atoms with Gasteiger partial charge < -0.3 is 10.6 Å². The normalized spacial score (nSPS) is 12.2. The van der Waals surface area contributed by atoms with Crippen LogP contribution in [0.1, 0.15) is 12.0 Å². The molecule has 0 bridgehead atoms. The average Bonchev–Trinajstić information content (AvgIpc) is 2.28. The molecule has 0 radical (unpaired) electrons. The number of amides is 1. The van der Waals surface area contributed by atoms with Gasteiger partial charge in [-0.1, -0.05) is 6.07 Å². The highest BCUT2D eigenvalue weighted by atomic mass is 32.2. The summed E-state index contributed by atoms with van der Waals surface area (Å²) >= 11 is 0. The second kappa shape index (κ2) is 5.82. The van der Waals surface area contributed by atoms with Crippen molar-refractivity contribution in [3.8, 4) is 0 Å². The lowest BCUT2D eigenvalue weighted by Crippen LogP contribution is -2.23. The molecule has 1 rings (SSSR count). The molecule has 0 aromatic heterocycles. The second-order valence-electron chi connectivity index (χ2n) is 4.11. The fourth-order valence-corrected chi connectivity index (χ4v) is 2.65. The summed E-state index contributed by atoms with van der Waals surface area (Å²) in [7, 11) is 2.21. The number of rotatable bonds is 4. The standard InChI is InChI=1S/C12H18N2O2S/c1-9-4-5-10(13)8-11(9)17(16)7-6-12(15)14(2)3/h4-5,8H,6-7,13H2,1-3H3. The Kier molecular flexibility index (Phi) is 4.69. The van der Waals surface area contributed by atoms with Crippen LogP contribution in [0.15, 0.2) is 23.1 Å². The highest BCUT2D eigenvalue weighted by Crippen LogP contribution is 2.17. The Labute approximate surface area is 104 Å². The smallest absolute Gasteiger partial charge is 0.222 e. The molecule has 2 N–H and O–H groups in total. The summed E-state index contributed by atoms with van der Waals surface area (Å²) in [5.41, 5.74) is 7.19. The molecule has 0 spiro atoms. The molecule has 0 saturated carbocycles. The van der Waals surface area contributed by atoms with Gasteiger partial charge in [0.2, 0.25) is 5.91 Å². The summed E-state index contributed by atoms with van der Waals surface area (Å²) in [5, 5.41) is 0. The van der Waals surface area contributed by atoms with Crippen molar-refractivity contribution in [2.75, 3.05) is 25.6 Å². The van der Waals surface area contributed by atoms with Crippen LogP contribution in [0, 0.1) is 6.92 Å². The fourth-order valence-electron chi connectivity index (χ4n) is 1.38. The van der Waals surface area contributed by atoms with E-state index in [1.54, 1.807) is 26.2 Å². The fraction of sp³-hybridized carbons (Fsp3) is 0.417. The molecule has 0 aliphatic heterocycles. The largest absolute Gasteiger partial charge is 0.399 e. The van der Waals surface area contributed by atoms with Crippen LogP contribution < -0.4 is 5.73 Å². The molecular formula is C12H18N2O2S. The molecule has 1 aromatic rings. The second-order valence-corrected chi connectivity index (χ2v) is 5.65. The molecular weight excluding hydrogens is 236 g/mol. The third-order valence-electron chi connectivity index (χ3n) is 2.46. The van der Waals surface area contributed by atoms with Gasteiger partial charge in [-0.2, -0.15) is 0 Å². The molecule has 4 nitrogen and oxygen atoms in total.